The third-order valence-corrected chi connectivity index (χ3v) is 6.19. The first-order valence-electron chi connectivity index (χ1n) is 10.3. The van der Waals surface area contributed by atoms with Gasteiger partial charge in [0.1, 0.15) is 5.56 Å². The van der Waals surface area contributed by atoms with Crippen molar-refractivity contribution in [2.24, 2.45) is 0 Å². The molecule has 2 aromatic rings. The molecular weight excluding hydrogens is 418 g/mol. The molecule has 1 aromatic heterocycles. The van der Waals surface area contributed by atoms with Crippen LogP contribution in [-0.2, 0) is 4.74 Å². The summed E-state index contributed by atoms with van der Waals surface area (Å²) >= 11 is 3.55. The largest absolute Gasteiger partial charge is 0.462 e. The van der Waals surface area contributed by atoms with Gasteiger partial charge in [-0.15, -0.1) is 0 Å². The van der Waals surface area contributed by atoms with Crippen LogP contribution in [0, 0.1) is 0 Å². The first kappa shape index (κ1) is 21.1. The van der Waals surface area contributed by atoms with Crippen LogP contribution in [0.25, 0.3) is 10.9 Å². The zero-order chi connectivity index (χ0) is 20.1. The molecule has 0 amide bonds. The number of pyridine rings is 1. The van der Waals surface area contributed by atoms with E-state index in [-0.39, 0.29) is 5.97 Å². The minimum absolute atomic E-state index is 0.323. The maximum atomic E-state index is 12.5. The summed E-state index contributed by atoms with van der Waals surface area (Å²) in [5.74, 6) is -0.323. The van der Waals surface area contributed by atoms with Gasteiger partial charge in [0.15, 0.2) is 0 Å². The van der Waals surface area contributed by atoms with Crippen molar-refractivity contribution < 1.29 is 9.53 Å². The standard InChI is InChI=1S/C22H30BrN3O2/c1-4-26(5-2)17-10-8-16(9-11-17)25-21-18-13-15(23)7-12-20(18)24-14-19(21)22(27)28-6-3/h7,12-14,16-17H,4-6,8-11H2,1-3H3,(H,24,25)/t16-,17-. The Balaban J connectivity index is 1.86. The quantitative estimate of drug-likeness (QED) is 0.588. The van der Waals surface area contributed by atoms with Gasteiger partial charge in [-0.3, -0.25) is 4.98 Å². The summed E-state index contributed by atoms with van der Waals surface area (Å²) < 4.78 is 6.25. The van der Waals surface area contributed by atoms with E-state index in [2.05, 4.69) is 45.0 Å². The smallest absolute Gasteiger partial charge is 0.341 e. The van der Waals surface area contributed by atoms with Gasteiger partial charge in [-0.25, -0.2) is 4.79 Å². The first-order chi connectivity index (χ1) is 13.6. The monoisotopic (exact) mass is 447 g/mol. The Morgan fingerprint density at radius 2 is 1.93 bits per heavy atom. The molecule has 0 saturated heterocycles. The van der Waals surface area contributed by atoms with E-state index in [1.807, 2.05) is 25.1 Å². The number of hydrogen-bond acceptors (Lipinski definition) is 5. The van der Waals surface area contributed by atoms with E-state index in [1.54, 1.807) is 6.20 Å². The lowest BCUT2D eigenvalue weighted by atomic mass is 9.89. The second-order valence-electron chi connectivity index (χ2n) is 7.30. The molecule has 1 fully saturated rings. The van der Waals surface area contributed by atoms with Crippen LogP contribution in [0.15, 0.2) is 28.9 Å². The summed E-state index contributed by atoms with van der Waals surface area (Å²) in [6, 6.07) is 6.98. The second kappa shape index (κ2) is 9.70. The summed E-state index contributed by atoms with van der Waals surface area (Å²) in [6.45, 7) is 8.86. The second-order valence-corrected chi connectivity index (χ2v) is 8.22. The molecule has 1 heterocycles. The van der Waals surface area contributed by atoms with Crippen molar-refractivity contribution in [1.82, 2.24) is 9.88 Å². The van der Waals surface area contributed by atoms with Gasteiger partial charge in [-0.2, -0.15) is 0 Å². The number of nitrogens with zero attached hydrogens (tertiary/aromatic N) is 2. The van der Waals surface area contributed by atoms with Crippen molar-refractivity contribution >= 4 is 38.5 Å². The maximum Gasteiger partial charge on any atom is 0.341 e. The number of carbonyl (C=O) groups excluding carboxylic acids is 1. The van der Waals surface area contributed by atoms with E-state index in [1.165, 1.54) is 12.8 Å². The highest BCUT2D eigenvalue weighted by molar-refractivity contribution is 9.10. The van der Waals surface area contributed by atoms with Crippen LogP contribution >= 0.6 is 15.9 Å². The lowest BCUT2D eigenvalue weighted by Crippen LogP contribution is -2.40. The molecule has 152 valence electrons. The molecule has 6 heteroatoms. The molecule has 0 bridgehead atoms. The van der Waals surface area contributed by atoms with Gasteiger partial charge in [0, 0.05) is 28.1 Å². The maximum absolute atomic E-state index is 12.5. The Morgan fingerprint density at radius 3 is 2.57 bits per heavy atom. The fourth-order valence-electron chi connectivity index (χ4n) is 4.21. The van der Waals surface area contributed by atoms with E-state index < -0.39 is 0 Å². The van der Waals surface area contributed by atoms with Crippen LogP contribution < -0.4 is 5.32 Å². The molecule has 1 N–H and O–H groups in total. The highest BCUT2D eigenvalue weighted by Crippen LogP contribution is 2.32. The number of benzene rings is 1. The van der Waals surface area contributed by atoms with Crippen LogP contribution in [0.5, 0.6) is 0 Å². The van der Waals surface area contributed by atoms with E-state index in [9.17, 15) is 4.79 Å². The number of fused-ring (bicyclic) bond motifs is 1. The minimum atomic E-state index is -0.323. The normalized spacial score (nSPS) is 19.8. The molecule has 0 atom stereocenters. The summed E-state index contributed by atoms with van der Waals surface area (Å²) in [6.07, 6.45) is 6.20. The summed E-state index contributed by atoms with van der Waals surface area (Å²) in [4.78, 5) is 19.6. The van der Waals surface area contributed by atoms with E-state index in [4.69, 9.17) is 4.74 Å². The number of ether oxygens (including phenoxy) is 1. The average Bonchev–Trinajstić information content (AvgIpc) is 2.70. The average molecular weight is 448 g/mol. The van der Waals surface area contributed by atoms with Crippen molar-refractivity contribution in [3.8, 4) is 0 Å². The molecule has 28 heavy (non-hydrogen) atoms. The van der Waals surface area contributed by atoms with Gasteiger partial charge in [-0.1, -0.05) is 29.8 Å². The van der Waals surface area contributed by atoms with Crippen LogP contribution in [0.3, 0.4) is 0 Å². The Hall–Kier alpha value is -1.66. The fourth-order valence-corrected chi connectivity index (χ4v) is 4.57. The number of halogens is 1. The molecule has 0 aliphatic heterocycles. The van der Waals surface area contributed by atoms with Crippen molar-refractivity contribution in [2.75, 3.05) is 25.0 Å². The molecule has 1 aliphatic carbocycles. The molecule has 1 aliphatic rings. The van der Waals surface area contributed by atoms with Crippen molar-refractivity contribution in [1.29, 1.82) is 0 Å². The van der Waals surface area contributed by atoms with Gasteiger partial charge in [-0.05, 0) is 63.9 Å². The SMILES string of the molecule is CCOC(=O)c1cnc2ccc(Br)cc2c1N[C@H]1CC[C@H](N(CC)CC)CC1. The topological polar surface area (TPSA) is 54.5 Å². The Labute approximate surface area is 176 Å². The number of anilines is 1. The van der Waals surface area contributed by atoms with Crippen LogP contribution in [0.4, 0.5) is 5.69 Å². The summed E-state index contributed by atoms with van der Waals surface area (Å²) in [5.41, 5.74) is 2.23. The van der Waals surface area contributed by atoms with E-state index >= 15 is 0 Å². The molecule has 1 aromatic carbocycles. The fraction of sp³-hybridized carbons (Fsp3) is 0.545. The first-order valence-corrected chi connectivity index (χ1v) is 11.1. The van der Waals surface area contributed by atoms with Crippen molar-refractivity contribution in [3.05, 3.63) is 34.4 Å². The molecule has 3 rings (SSSR count). The number of hydrogen-bond donors (Lipinski definition) is 1. The number of esters is 1. The molecule has 0 radical (unpaired) electrons. The molecule has 0 unspecified atom stereocenters. The predicted octanol–water partition coefficient (Wildman–Crippen LogP) is 5.24. The minimum Gasteiger partial charge on any atom is -0.462 e. The lowest BCUT2D eigenvalue weighted by molar-refractivity contribution is 0.0527. The number of rotatable bonds is 7. The van der Waals surface area contributed by atoms with Crippen LogP contribution in [0.1, 0.15) is 56.8 Å². The number of nitrogens with one attached hydrogen (secondary N) is 1. The number of carbonyl (C=O) groups is 1. The van der Waals surface area contributed by atoms with Crippen LogP contribution in [-0.4, -0.2) is 47.6 Å². The molecular formula is C22H30BrN3O2. The van der Waals surface area contributed by atoms with Gasteiger partial charge in [0.25, 0.3) is 0 Å². The highest BCUT2D eigenvalue weighted by atomic mass is 79.9. The Kier molecular flexibility index (Phi) is 7.30. The van der Waals surface area contributed by atoms with E-state index in [0.717, 1.165) is 47.0 Å². The van der Waals surface area contributed by atoms with E-state index in [0.29, 0.717) is 24.3 Å². The van der Waals surface area contributed by atoms with Gasteiger partial charge >= 0.3 is 5.97 Å². The van der Waals surface area contributed by atoms with Crippen molar-refractivity contribution in [3.63, 3.8) is 0 Å². The van der Waals surface area contributed by atoms with Gasteiger partial charge < -0.3 is 15.0 Å². The zero-order valence-electron chi connectivity index (χ0n) is 17.0. The highest BCUT2D eigenvalue weighted by Gasteiger charge is 2.26. The molecule has 1 saturated carbocycles. The predicted molar refractivity (Wildman–Crippen MR) is 118 cm³/mol. The zero-order valence-corrected chi connectivity index (χ0v) is 18.6. The third kappa shape index (κ3) is 4.66. The van der Waals surface area contributed by atoms with Gasteiger partial charge in [0.2, 0.25) is 0 Å². The Morgan fingerprint density at radius 1 is 1.21 bits per heavy atom. The Bertz CT molecular complexity index is 815. The third-order valence-electron chi connectivity index (χ3n) is 5.70. The van der Waals surface area contributed by atoms with Crippen LogP contribution in [0.2, 0.25) is 0 Å². The number of aromatic nitrogens is 1. The summed E-state index contributed by atoms with van der Waals surface area (Å²) in [7, 11) is 0. The van der Waals surface area contributed by atoms with Crippen molar-refractivity contribution in [2.45, 2.75) is 58.5 Å². The lowest BCUT2D eigenvalue weighted by Gasteiger charge is -2.36. The summed E-state index contributed by atoms with van der Waals surface area (Å²) in [5, 5.41) is 4.62. The molecule has 0 spiro atoms. The van der Waals surface area contributed by atoms with Gasteiger partial charge in [0.05, 0.1) is 17.8 Å². The molecule has 5 nitrogen and oxygen atoms in total.